The van der Waals surface area contributed by atoms with E-state index in [1.54, 1.807) is 10.7 Å². The van der Waals surface area contributed by atoms with Crippen molar-refractivity contribution < 1.29 is 5.11 Å². The largest absolute Gasteiger partial charge is 0.507 e. The molecule has 31 heavy (non-hydrogen) atoms. The van der Waals surface area contributed by atoms with Crippen LogP contribution in [0.3, 0.4) is 0 Å². The third-order valence-corrected chi connectivity index (χ3v) is 5.69. The van der Waals surface area contributed by atoms with Gasteiger partial charge in [0.2, 0.25) is 0 Å². The minimum absolute atomic E-state index is 0.113. The Morgan fingerprint density at radius 2 is 1.81 bits per heavy atom. The Balaban J connectivity index is 1.43. The van der Waals surface area contributed by atoms with E-state index >= 15 is 0 Å². The molecule has 7 heteroatoms. The van der Waals surface area contributed by atoms with Crippen LogP contribution in [0.5, 0.6) is 5.75 Å². The van der Waals surface area contributed by atoms with E-state index in [9.17, 15) is 5.11 Å². The molecule has 0 spiro atoms. The summed E-state index contributed by atoms with van der Waals surface area (Å²) in [5, 5.41) is 19.5. The quantitative estimate of drug-likeness (QED) is 0.528. The average molecular weight is 417 g/mol. The lowest BCUT2D eigenvalue weighted by molar-refractivity contribution is 0.373. The molecule has 3 aromatic heterocycles. The van der Waals surface area contributed by atoms with Crippen molar-refractivity contribution in [1.29, 1.82) is 0 Å². The Kier molecular flexibility index (Phi) is 4.59. The summed E-state index contributed by atoms with van der Waals surface area (Å²) < 4.78 is 1.74. The van der Waals surface area contributed by atoms with Gasteiger partial charge in [0.1, 0.15) is 11.6 Å². The van der Waals surface area contributed by atoms with Crippen LogP contribution in [0.1, 0.15) is 27.2 Å². The molecule has 1 aliphatic rings. The van der Waals surface area contributed by atoms with E-state index in [1.165, 1.54) is 0 Å². The molecule has 0 bridgehead atoms. The van der Waals surface area contributed by atoms with Gasteiger partial charge < -0.3 is 15.3 Å². The fourth-order valence-corrected chi connectivity index (χ4v) is 4.41. The van der Waals surface area contributed by atoms with Crippen LogP contribution in [0.4, 0.5) is 5.82 Å². The first kappa shape index (κ1) is 19.8. The number of hydrogen-bond donors (Lipinski definition) is 2. The number of pyridine rings is 2. The number of anilines is 1. The molecule has 1 atom stereocenters. The van der Waals surface area contributed by atoms with E-state index in [-0.39, 0.29) is 11.3 Å². The van der Waals surface area contributed by atoms with Gasteiger partial charge in [0.25, 0.3) is 0 Å². The van der Waals surface area contributed by atoms with Gasteiger partial charge in [-0.3, -0.25) is 4.68 Å². The number of nitrogens with one attached hydrogen (secondary N) is 1. The fourth-order valence-electron chi connectivity index (χ4n) is 4.41. The number of aromatic hydroxyl groups is 1. The number of fused-ring (bicyclic) bond motifs is 2. The number of benzene rings is 1. The highest BCUT2D eigenvalue weighted by atomic mass is 16.3. The molecule has 7 nitrogen and oxygen atoms in total. The Labute approximate surface area is 181 Å². The second kappa shape index (κ2) is 7.20. The molecule has 4 aromatic rings. The lowest BCUT2D eigenvalue weighted by atomic mass is 10.1. The molecule has 0 saturated carbocycles. The first-order valence-electron chi connectivity index (χ1n) is 10.7. The summed E-state index contributed by atoms with van der Waals surface area (Å²) in [6.45, 7) is 8.57. The molecular formula is C24H28N6O. The molecule has 0 unspecified atom stereocenters. The number of rotatable bonds is 3. The van der Waals surface area contributed by atoms with E-state index in [0.29, 0.717) is 11.6 Å². The highest BCUT2D eigenvalue weighted by molar-refractivity contribution is 5.88. The highest BCUT2D eigenvalue weighted by Crippen LogP contribution is 2.33. The second-order valence-corrected chi connectivity index (χ2v) is 9.46. The predicted octanol–water partition coefficient (Wildman–Crippen LogP) is 3.86. The average Bonchev–Trinajstić information content (AvgIpc) is 3.30. The summed E-state index contributed by atoms with van der Waals surface area (Å²) >= 11 is 0. The summed E-state index contributed by atoms with van der Waals surface area (Å²) in [6, 6.07) is 12.1. The summed E-state index contributed by atoms with van der Waals surface area (Å²) in [4.78, 5) is 12.0. The number of hydrogen-bond acceptors (Lipinski definition) is 6. The minimum atomic E-state index is 0.113. The number of aryl methyl sites for hydroxylation is 1. The van der Waals surface area contributed by atoms with Gasteiger partial charge in [0, 0.05) is 54.9 Å². The van der Waals surface area contributed by atoms with Crippen LogP contribution >= 0.6 is 0 Å². The molecule has 1 fully saturated rings. The molecule has 4 heterocycles. The van der Waals surface area contributed by atoms with Crippen molar-refractivity contribution in [3.05, 3.63) is 42.6 Å². The predicted molar refractivity (Wildman–Crippen MR) is 124 cm³/mol. The zero-order valence-electron chi connectivity index (χ0n) is 18.4. The van der Waals surface area contributed by atoms with Crippen molar-refractivity contribution in [3.8, 4) is 17.0 Å². The number of nitrogens with zero attached hydrogens (tertiary/aromatic N) is 5. The molecule has 1 saturated heterocycles. The Hall–Kier alpha value is -3.19. The first-order valence-corrected chi connectivity index (χ1v) is 10.7. The van der Waals surface area contributed by atoms with Crippen LogP contribution in [0.15, 0.2) is 42.6 Å². The zero-order chi connectivity index (χ0) is 21.8. The third-order valence-electron chi connectivity index (χ3n) is 5.69. The molecule has 2 N–H and O–H groups in total. The molecule has 5 rings (SSSR count). The van der Waals surface area contributed by atoms with Crippen LogP contribution in [0, 0.1) is 0 Å². The molecule has 0 radical (unpaired) electrons. The maximum atomic E-state index is 10.5. The van der Waals surface area contributed by atoms with Gasteiger partial charge in [-0.2, -0.15) is 5.10 Å². The van der Waals surface area contributed by atoms with Crippen LogP contribution in [-0.2, 0) is 7.05 Å². The van der Waals surface area contributed by atoms with Gasteiger partial charge >= 0.3 is 0 Å². The smallest absolute Gasteiger partial charge is 0.129 e. The lowest BCUT2D eigenvalue weighted by Crippen LogP contribution is -2.44. The normalized spacial score (nSPS) is 17.2. The van der Waals surface area contributed by atoms with Crippen molar-refractivity contribution in [2.75, 3.05) is 18.0 Å². The first-order chi connectivity index (χ1) is 14.7. The van der Waals surface area contributed by atoms with Crippen molar-refractivity contribution in [3.63, 3.8) is 0 Å². The van der Waals surface area contributed by atoms with Gasteiger partial charge in [-0.1, -0.05) is 0 Å². The lowest BCUT2D eigenvalue weighted by Gasteiger charge is -2.26. The number of aromatic nitrogens is 4. The van der Waals surface area contributed by atoms with Crippen molar-refractivity contribution in [1.82, 2.24) is 25.1 Å². The number of phenols is 1. The Morgan fingerprint density at radius 3 is 2.61 bits per heavy atom. The van der Waals surface area contributed by atoms with E-state index in [1.807, 2.05) is 43.6 Å². The molecule has 0 amide bonds. The van der Waals surface area contributed by atoms with Crippen molar-refractivity contribution in [2.24, 2.45) is 7.05 Å². The van der Waals surface area contributed by atoms with Crippen LogP contribution in [0.2, 0.25) is 0 Å². The third kappa shape index (κ3) is 3.93. The van der Waals surface area contributed by atoms with E-state index in [4.69, 9.17) is 9.97 Å². The summed E-state index contributed by atoms with van der Waals surface area (Å²) in [7, 11) is 1.87. The van der Waals surface area contributed by atoms with Gasteiger partial charge in [-0.05, 0) is 57.5 Å². The molecule has 160 valence electrons. The standard InChI is InChI=1S/C24H28N6O/c1-24(2,3)27-16-9-10-30(14-16)23-8-7-19-20(26-23)6-5-18(25-19)17-11-15-13-29(4)28-21(15)12-22(17)31/h5-8,11-13,16,27,31H,9-10,14H2,1-4H3/t16-/m0/s1. The summed E-state index contributed by atoms with van der Waals surface area (Å²) in [6.07, 6.45) is 3.05. The van der Waals surface area contributed by atoms with Crippen LogP contribution in [0.25, 0.3) is 33.2 Å². The molecule has 0 aliphatic carbocycles. The molecule has 1 aliphatic heterocycles. The van der Waals surface area contributed by atoms with Crippen LogP contribution < -0.4 is 10.2 Å². The van der Waals surface area contributed by atoms with Gasteiger partial charge in [0.15, 0.2) is 0 Å². The molecular weight excluding hydrogens is 388 g/mol. The summed E-state index contributed by atoms with van der Waals surface area (Å²) in [5.41, 5.74) is 3.97. The SMILES string of the molecule is Cn1cc2cc(-c3ccc4nc(N5CC[C@H](NC(C)(C)C)C5)ccc4n3)c(O)cc2n1. The van der Waals surface area contributed by atoms with Crippen molar-refractivity contribution in [2.45, 2.75) is 38.8 Å². The minimum Gasteiger partial charge on any atom is -0.507 e. The van der Waals surface area contributed by atoms with E-state index < -0.39 is 0 Å². The summed E-state index contributed by atoms with van der Waals surface area (Å²) in [5.74, 6) is 1.16. The number of phenolic OH excluding ortho intramolecular Hbond substituents is 1. The van der Waals surface area contributed by atoms with Crippen molar-refractivity contribution >= 4 is 27.8 Å². The van der Waals surface area contributed by atoms with Gasteiger partial charge in [-0.25, -0.2) is 9.97 Å². The topological polar surface area (TPSA) is 79.1 Å². The Morgan fingerprint density at radius 1 is 1.03 bits per heavy atom. The Bertz CT molecular complexity index is 1270. The van der Waals surface area contributed by atoms with Crippen LogP contribution in [-0.4, -0.2) is 49.5 Å². The van der Waals surface area contributed by atoms with E-state index in [0.717, 1.165) is 53.0 Å². The molecule has 1 aromatic carbocycles. The maximum Gasteiger partial charge on any atom is 0.129 e. The monoisotopic (exact) mass is 416 g/mol. The van der Waals surface area contributed by atoms with E-state index in [2.05, 4.69) is 36.1 Å². The van der Waals surface area contributed by atoms with Gasteiger partial charge in [0.05, 0.1) is 22.2 Å². The van der Waals surface area contributed by atoms with Gasteiger partial charge in [-0.15, -0.1) is 0 Å². The maximum absolute atomic E-state index is 10.5. The fraction of sp³-hybridized carbons (Fsp3) is 0.375. The second-order valence-electron chi connectivity index (χ2n) is 9.46. The highest BCUT2D eigenvalue weighted by Gasteiger charge is 2.26. The zero-order valence-corrected chi connectivity index (χ0v) is 18.4.